The fourth-order valence-electron chi connectivity index (χ4n) is 2.57. The van der Waals surface area contributed by atoms with E-state index >= 15 is 0 Å². The molecule has 0 radical (unpaired) electrons. The summed E-state index contributed by atoms with van der Waals surface area (Å²) in [5, 5.41) is 8.90. The average Bonchev–Trinajstić information content (AvgIpc) is 2.85. The molecule has 1 aromatic heterocycles. The highest BCUT2D eigenvalue weighted by Crippen LogP contribution is 2.19. The molecular weight excluding hydrogens is 272 g/mol. The third-order valence-electron chi connectivity index (χ3n) is 3.61. The maximum Gasteiger partial charge on any atom is 0.124 e. The first kappa shape index (κ1) is 14.3. The van der Waals surface area contributed by atoms with E-state index < -0.39 is 0 Å². The van der Waals surface area contributed by atoms with Gasteiger partial charge in [0.1, 0.15) is 5.82 Å². The molecule has 0 bridgehead atoms. The first-order valence-corrected chi connectivity index (χ1v) is 7.25. The first-order valence-electron chi connectivity index (χ1n) is 7.25. The summed E-state index contributed by atoms with van der Waals surface area (Å²) < 4.78 is 2.25. The molecule has 3 aromatic rings. The molecule has 1 heterocycles. The van der Waals surface area contributed by atoms with Crippen molar-refractivity contribution < 1.29 is 0 Å². The van der Waals surface area contributed by atoms with Crippen molar-refractivity contribution in [1.82, 2.24) is 14.5 Å². The number of para-hydroxylation sites is 2. The van der Waals surface area contributed by atoms with Crippen molar-refractivity contribution in [3.05, 3.63) is 65.5 Å². The van der Waals surface area contributed by atoms with Crippen LogP contribution in [0.15, 0.2) is 48.5 Å². The van der Waals surface area contributed by atoms with Crippen molar-refractivity contribution in [2.75, 3.05) is 14.1 Å². The van der Waals surface area contributed by atoms with E-state index in [4.69, 9.17) is 10.2 Å². The number of nitrogens with zero attached hydrogens (tertiary/aromatic N) is 4. The van der Waals surface area contributed by atoms with E-state index in [-0.39, 0.29) is 0 Å². The van der Waals surface area contributed by atoms with Gasteiger partial charge in [-0.05, 0) is 43.9 Å². The standard InChI is InChI=1S/C18H18N4/c1-21(2)13-18-20-16-5-3-4-6-17(16)22(18)12-15-9-7-14(11-19)8-10-15/h3-10H,12-13H2,1-2H3. The molecule has 0 aliphatic carbocycles. The summed E-state index contributed by atoms with van der Waals surface area (Å²) in [6.45, 7) is 1.56. The Morgan fingerprint density at radius 3 is 2.50 bits per heavy atom. The Morgan fingerprint density at radius 2 is 1.82 bits per heavy atom. The Morgan fingerprint density at radius 1 is 1.09 bits per heavy atom. The number of nitriles is 1. The summed E-state index contributed by atoms with van der Waals surface area (Å²) in [4.78, 5) is 6.87. The molecular formula is C18H18N4. The number of benzene rings is 2. The maximum absolute atomic E-state index is 8.90. The van der Waals surface area contributed by atoms with Crippen LogP contribution in [0.3, 0.4) is 0 Å². The SMILES string of the molecule is CN(C)Cc1nc2ccccc2n1Cc1ccc(C#N)cc1. The second kappa shape index (κ2) is 6.00. The number of hydrogen-bond donors (Lipinski definition) is 0. The quantitative estimate of drug-likeness (QED) is 0.742. The number of aromatic nitrogens is 2. The average molecular weight is 290 g/mol. The van der Waals surface area contributed by atoms with Crippen molar-refractivity contribution >= 4 is 11.0 Å². The molecule has 0 atom stereocenters. The van der Waals surface area contributed by atoms with Crippen LogP contribution in [0.1, 0.15) is 17.0 Å². The highest BCUT2D eigenvalue weighted by atomic mass is 15.2. The van der Waals surface area contributed by atoms with Gasteiger partial charge in [0, 0.05) is 6.54 Å². The summed E-state index contributed by atoms with van der Waals surface area (Å²) in [5.41, 5.74) is 4.02. The van der Waals surface area contributed by atoms with Crippen molar-refractivity contribution in [1.29, 1.82) is 5.26 Å². The molecule has 2 aromatic carbocycles. The molecule has 0 saturated carbocycles. The molecule has 0 saturated heterocycles. The molecule has 0 aliphatic rings. The lowest BCUT2D eigenvalue weighted by atomic mass is 10.1. The molecule has 3 rings (SSSR count). The summed E-state index contributed by atoms with van der Waals surface area (Å²) in [5.74, 6) is 1.05. The van der Waals surface area contributed by atoms with Crippen LogP contribution in [0.2, 0.25) is 0 Å². The predicted octanol–water partition coefficient (Wildman–Crippen LogP) is 3.02. The van der Waals surface area contributed by atoms with Gasteiger partial charge in [-0.25, -0.2) is 4.98 Å². The predicted molar refractivity (Wildman–Crippen MR) is 87.4 cm³/mol. The molecule has 0 N–H and O–H groups in total. The summed E-state index contributed by atoms with van der Waals surface area (Å²) in [7, 11) is 4.09. The maximum atomic E-state index is 8.90. The van der Waals surface area contributed by atoms with Crippen molar-refractivity contribution in [2.45, 2.75) is 13.1 Å². The van der Waals surface area contributed by atoms with E-state index in [0.29, 0.717) is 5.56 Å². The fraction of sp³-hybridized carbons (Fsp3) is 0.222. The molecule has 0 spiro atoms. The van der Waals surface area contributed by atoms with Gasteiger partial charge in [0.05, 0.1) is 29.2 Å². The lowest BCUT2D eigenvalue weighted by Gasteiger charge is -2.13. The van der Waals surface area contributed by atoms with Gasteiger partial charge >= 0.3 is 0 Å². The number of fused-ring (bicyclic) bond motifs is 1. The molecule has 0 amide bonds. The summed E-state index contributed by atoms with van der Waals surface area (Å²) in [6.07, 6.45) is 0. The van der Waals surface area contributed by atoms with Crippen LogP contribution < -0.4 is 0 Å². The van der Waals surface area contributed by atoms with E-state index in [1.54, 1.807) is 0 Å². The van der Waals surface area contributed by atoms with Gasteiger partial charge in [0.2, 0.25) is 0 Å². The molecule has 4 nitrogen and oxygen atoms in total. The van der Waals surface area contributed by atoms with Gasteiger partial charge in [-0.15, -0.1) is 0 Å². The van der Waals surface area contributed by atoms with Crippen LogP contribution in [0, 0.1) is 11.3 Å². The van der Waals surface area contributed by atoms with Crippen LogP contribution >= 0.6 is 0 Å². The van der Waals surface area contributed by atoms with E-state index in [1.165, 1.54) is 5.56 Å². The second-order valence-electron chi connectivity index (χ2n) is 5.65. The first-order chi connectivity index (χ1) is 10.7. The van der Waals surface area contributed by atoms with Gasteiger partial charge in [-0.3, -0.25) is 0 Å². The summed E-state index contributed by atoms with van der Waals surface area (Å²) in [6, 6.07) is 18.1. The lowest BCUT2D eigenvalue weighted by molar-refractivity contribution is 0.384. The number of rotatable bonds is 4. The normalized spacial score (nSPS) is 11.0. The zero-order valence-corrected chi connectivity index (χ0v) is 12.8. The van der Waals surface area contributed by atoms with Crippen molar-refractivity contribution in [3.8, 4) is 6.07 Å². The van der Waals surface area contributed by atoms with Gasteiger partial charge in [-0.1, -0.05) is 24.3 Å². The zero-order valence-electron chi connectivity index (χ0n) is 12.8. The Labute approximate surface area is 130 Å². The minimum atomic E-state index is 0.688. The van der Waals surface area contributed by atoms with Crippen LogP contribution in [0.5, 0.6) is 0 Å². The third-order valence-corrected chi connectivity index (χ3v) is 3.61. The number of imidazole rings is 1. The molecule has 0 fully saturated rings. The Kier molecular flexibility index (Phi) is 3.90. The van der Waals surface area contributed by atoms with E-state index in [2.05, 4.69) is 21.6 Å². The van der Waals surface area contributed by atoms with Gasteiger partial charge in [0.25, 0.3) is 0 Å². The van der Waals surface area contributed by atoms with Crippen LogP contribution in [0.25, 0.3) is 11.0 Å². The van der Waals surface area contributed by atoms with Crippen molar-refractivity contribution in [2.24, 2.45) is 0 Å². The van der Waals surface area contributed by atoms with Crippen LogP contribution in [-0.4, -0.2) is 28.5 Å². The van der Waals surface area contributed by atoms with Gasteiger partial charge in [0.15, 0.2) is 0 Å². The highest BCUT2D eigenvalue weighted by Gasteiger charge is 2.11. The fourth-order valence-corrected chi connectivity index (χ4v) is 2.57. The monoisotopic (exact) mass is 290 g/mol. The molecule has 4 heteroatoms. The van der Waals surface area contributed by atoms with Crippen LogP contribution in [0.4, 0.5) is 0 Å². The highest BCUT2D eigenvalue weighted by molar-refractivity contribution is 5.76. The van der Waals surface area contributed by atoms with Crippen molar-refractivity contribution in [3.63, 3.8) is 0 Å². The Balaban J connectivity index is 2.01. The minimum absolute atomic E-state index is 0.688. The largest absolute Gasteiger partial charge is 0.322 e. The molecule has 0 unspecified atom stereocenters. The van der Waals surface area contributed by atoms with E-state index in [9.17, 15) is 0 Å². The smallest absolute Gasteiger partial charge is 0.124 e. The number of hydrogen-bond acceptors (Lipinski definition) is 3. The molecule has 0 aliphatic heterocycles. The van der Waals surface area contributed by atoms with E-state index in [1.807, 2.05) is 56.6 Å². The Hall–Kier alpha value is -2.64. The van der Waals surface area contributed by atoms with Crippen LogP contribution in [-0.2, 0) is 13.1 Å². The minimum Gasteiger partial charge on any atom is -0.322 e. The molecule has 110 valence electrons. The lowest BCUT2D eigenvalue weighted by Crippen LogP contribution is -2.16. The van der Waals surface area contributed by atoms with Gasteiger partial charge in [-0.2, -0.15) is 5.26 Å². The second-order valence-corrected chi connectivity index (χ2v) is 5.65. The summed E-state index contributed by atoms with van der Waals surface area (Å²) >= 11 is 0. The van der Waals surface area contributed by atoms with E-state index in [0.717, 1.165) is 29.9 Å². The topological polar surface area (TPSA) is 44.9 Å². The molecule has 22 heavy (non-hydrogen) atoms. The third kappa shape index (κ3) is 2.85. The van der Waals surface area contributed by atoms with Gasteiger partial charge < -0.3 is 9.47 Å². The zero-order chi connectivity index (χ0) is 15.5. The Bertz CT molecular complexity index is 822.